The van der Waals surface area contributed by atoms with E-state index in [1.54, 1.807) is 6.92 Å². The Hall–Kier alpha value is -3.07. The first-order chi connectivity index (χ1) is 14.3. The Morgan fingerprint density at radius 1 is 1.30 bits per heavy atom. The Morgan fingerprint density at radius 3 is 2.70 bits per heavy atom. The van der Waals surface area contributed by atoms with Crippen molar-refractivity contribution in [1.82, 2.24) is 4.98 Å². The van der Waals surface area contributed by atoms with Crippen LogP contribution in [-0.2, 0) is 14.3 Å². The third-order valence-corrected chi connectivity index (χ3v) is 5.35. The first-order valence-corrected chi connectivity index (χ1v) is 9.27. The van der Waals surface area contributed by atoms with Crippen molar-refractivity contribution < 1.29 is 32.2 Å². The van der Waals surface area contributed by atoms with E-state index < -0.39 is 41.3 Å². The smallest absolute Gasteiger partial charge is 0.266 e. The highest BCUT2D eigenvalue weighted by Crippen LogP contribution is 2.46. The van der Waals surface area contributed by atoms with E-state index >= 15 is 0 Å². The number of carbonyl (C=O) groups is 1. The van der Waals surface area contributed by atoms with Crippen molar-refractivity contribution in [2.45, 2.75) is 25.0 Å². The molecule has 1 aromatic carbocycles. The summed E-state index contributed by atoms with van der Waals surface area (Å²) >= 11 is 0. The number of benzene rings is 1. The molecule has 2 fully saturated rings. The van der Waals surface area contributed by atoms with Gasteiger partial charge in [-0.25, -0.2) is 8.78 Å². The maximum atomic E-state index is 14.3. The summed E-state index contributed by atoms with van der Waals surface area (Å²) in [4.78, 5) is 16.9. The van der Waals surface area contributed by atoms with E-state index in [0.717, 1.165) is 12.3 Å². The number of hydrogen-bond acceptors (Lipinski definition) is 5. The number of carbonyl (C=O) groups excluding carboxylic acids is 1. The van der Waals surface area contributed by atoms with Gasteiger partial charge in [0.05, 0.1) is 37.1 Å². The van der Waals surface area contributed by atoms with Gasteiger partial charge in [0, 0.05) is 17.4 Å². The number of ether oxygens (including phenoxy) is 3. The molecular weight excluding hydrogens is 401 g/mol. The van der Waals surface area contributed by atoms with Gasteiger partial charge in [0.25, 0.3) is 5.91 Å². The standard InChI is InChI=1S/C21H19F3N2O4/c1-9-10(2)30-20(17(9)11-4-5-12(22)18(24)19(11)28-3)21(27)26-14-6-15(16-8-29-16)25-7-13(14)23/h4-7,9,16-17,20H,2,8H2,1,3H3,(H,25,26,27)/t9-,16-,17+,20-/m1/s1. The maximum Gasteiger partial charge on any atom is 0.266 e. The zero-order valence-electron chi connectivity index (χ0n) is 16.2. The monoisotopic (exact) mass is 420 g/mol. The summed E-state index contributed by atoms with van der Waals surface area (Å²) in [6, 6.07) is 3.70. The second kappa shape index (κ2) is 7.64. The molecule has 0 bridgehead atoms. The molecule has 158 valence electrons. The van der Waals surface area contributed by atoms with Gasteiger partial charge in [0.15, 0.2) is 23.5 Å². The average molecular weight is 420 g/mol. The predicted molar refractivity (Wildman–Crippen MR) is 100 cm³/mol. The number of hydrogen-bond donors (Lipinski definition) is 1. The highest BCUT2D eigenvalue weighted by molar-refractivity contribution is 5.95. The molecule has 0 radical (unpaired) electrons. The largest absolute Gasteiger partial charge is 0.493 e. The number of rotatable bonds is 5. The first-order valence-electron chi connectivity index (χ1n) is 9.27. The summed E-state index contributed by atoms with van der Waals surface area (Å²) in [6.07, 6.45) is -0.373. The third kappa shape index (κ3) is 3.49. The van der Waals surface area contributed by atoms with Crippen LogP contribution in [0.15, 0.2) is 36.7 Å². The molecule has 1 amide bonds. The minimum atomic E-state index is -1.16. The number of amides is 1. The van der Waals surface area contributed by atoms with Crippen molar-refractivity contribution in [3.05, 3.63) is 65.4 Å². The van der Waals surface area contributed by atoms with Crippen molar-refractivity contribution in [3.8, 4) is 5.75 Å². The molecule has 0 spiro atoms. The third-order valence-electron chi connectivity index (χ3n) is 5.35. The molecular formula is C21H19F3N2O4. The lowest BCUT2D eigenvalue weighted by Gasteiger charge is -2.22. The van der Waals surface area contributed by atoms with Crippen LogP contribution >= 0.6 is 0 Å². The van der Waals surface area contributed by atoms with Crippen LogP contribution in [0.5, 0.6) is 5.75 Å². The van der Waals surface area contributed by atoms with Crippen molar-refractivity contribution in [3.63, 3.8) is 0 Å². The zero-order valence-corrected chi connectivity index (χ0v) is 16.2. The Bertz CT molecular complexity index is 1030. The van der Waals surface area contributed by atoms with Crippen LogP contribution in [0.25, 0.3) is 0 Å². The molecule has 9 heteroatoms. The van der Waals surface area contributed by atoms with E-state index in [0.29, 0.717) is 18.1 Å². The van der Waals surface area contributed by atoms with E-state index in [9.17, 15) is 18.0 Å². The molecule has 3 heterocycles. The zero-order chi connectivity index (χ0) is 21.6. The van der Waals surface area contributed by atoms with Crippen molar-refractivity contribution in [2.24, 2.45) is 5.92 Å². The molecule has 2 aliphatic heterocycles. The number of nitrogens with zero attached hydrogens (tertiary/aromatic N) is 1. The molecule has 30 heavy (non-hydrogen) atoms. The molecule has 6 nitrogen and oxygen atoms in total. The van der Waals surface area contributed by atoms with Gasteiger partial charge in [-0.15, -0.1) is 0 Å². The summed E-state index contributed by atoms with van der Waals surface area (Å²) in [5, 5.41) is 2.50. The molecule has 2 aromatic rings. The number of allylic oxidation sites excluding steroid dienone is 1. The lowest BCUT2D eigenvalue weighted by molar-refractivity contribution is -0.124. The molecule has 1 N–H and O–H groups in total. The molecule has 4 rings (SSSR count). The van der Waals surface area contributed by atoms with Crippen LogP contribution in [0, 0.1) is 23.4 Å². The Balaban J connectivity index is 1.66. The summed E-state index contributed by atoms with van der Waals surface area (Å²) in [6.45, 7) is 6.02. The normalized spacial score (nSPS) is 25.0. The number of pyridine rings is 1. The van der Waals surface area contributed by atoms with Gasteiger partial charge in [-0.3, -0.25) is 9.78 Å². The van der Waals surface area contributed by atoms with Gasteiger partial charge in [-0.05, 0) is 12.1 Å². The minimum Gasteiger partial charge on any atom is -0.493 e. The van der Waals surface area contributed by atoms with Crippen LogP contribution in [0.3, 0.4) is 0 Å². The lowest BCUT2D eigenvalue weighted by Crippen LogP contribution is -2.33. The molecule has 2 aliphatic rings. The summed E-state index contributed by atoms with van der Waals surface area (Å²) < 4.78 is 57.9. The van der Waals surface area contributed by atoms with Crippen LogP contribution in [0.4, 0.5) is 18.9 Å². The number of methoxy groups -OCH3 is 1. The molecule has 4 atom stereocenters. The van der Waals surface area contributed by atoms with Gasteiger partial charge in [0.1, 0.15) is 6.10 Å². The van der Waals surface area contributed by atoms with Crippen LogP contribution in [0.1, 0.15) is 30.2 Å². The number of epoxide rings is 1. The van der Waals surface area contributed by atoms with Gasteiger partial charge >= 0.3 is 0 Å². The van der Waals surface area contributed by atoms with Crippen LogP contribution in [0.2, 0.25) is 0 Å². The Labute approximate surface area is 170 Å². The fourth-order valence-electron chi connectivity index (χ4n) is 3.62. The fraction of sp³-hybridized carbons (Fsp3) is 0.333. The molecule has 0 saturated carbocycles. The number of anilines is 1. The second-order valence-electron chi connectivity index (χ2n) is 7.20. The highest BCUT2D eigenvalue weighted by atomic mass is 19.2. The molecule has 0 unspecified atom stereocenters. The Morgan fingerprint density at radius 2 is 2.03 bits per heavy atom. The summed E-state index contributed by atoms with van der Waals surface area (Å²) in [5.41, 5.74) is 0.672. The quantitative estimate of drug-likeness (QED) is 0.744. The summed E-state index contributed by atoms with van der Waals surface area (Å²) in [5.74, 6) is -4.76. The van der Waals surface area contributed by atoms with Gasteiger partial charge < -0.3 is 19.5 Å². The van der Waals surface area contributed by atoms with E-state index in [2.05, 4.69) is 16.9 Å². The highest BCUT2D eigenvalue weighted by Gasteiger charge is 2.45. The average Bonchev–Trinajstić information content (AvgIpc) is 3.52. The Kier molecular flexibility index (Phi) is 5.15. The van der Waals surface area contributed by atoms with Crippen molar-refractivity contribution in [2.75, 3.05) is 19.0 Å². The van der Waals surface area contributed by atoms with E-state index in [4.69, 9.17) is 14.2 Å². The molecule has 0 aliphatic carbocycles. The fourth-order valence-corrected chi connectivity index (χ4v) is 3.62. The number of nitrogens with one attached hydrogen (secondary N) is 1. The van der Waals surface area contributed by atoms with E-state index in [1.807, 2.05) is 0 Å². The first kappa shape index (κ1) is 20.2. The van der Waals surface area contributed by atoms with Crippen LogP contribution < -0.4 is 10.1 Å². The van der Waals surface area contributed by atoms with Crippen LogP contribution in [-0.4, -0.2) is 30.7 Å². The number of halogens is 3. The maximum absolute atomic E-state index is 14.3. The van der Waals surface area contributed by atoms with Gasteiger partial charge in [-0.2, -0.15) is 4.39 Å². The SMILES string of the molecule is C=C1O[C@@H](C(=O)Nc2cc([C@H]3CO3)ncc2F)[C@H](c2ccc(F)c(F)c2OC)[C@@H]1C. The van der Waals surface area contributed by atoms with Crippen molar-refractivity contribution in [1.29, 1.82) is 0 Å². The molecule has 2 saturated heterocycles. The minimum absolute atomic E-state index is 0.0785. The van der Waals surface area contributed by atoms with E-state index in [-0.39, 0.29) is 23.1 Å². The molecule has 1 aromatic heterocycles. The van der Waals surface area contributed by atoms with Crippen molar-refractivity contribution >= 4 is 11.6 Å². The van der Waals surface area contributed by atoms with Gasteiger partial charge in [-0.1, -0.05) is 19.6 Å². The summed E-state index contributed by atoms with van der Waals surface area (Å²) in [7, 11) is 1.21. The second-order valence-corrected chi connectivity index (χ2v) is 7.20. The van der Waals surface area contributed by atoms with Gasteiger partial charge in [0.2, 0.25) is 5.82 Å². The lowest BCUT2D eigenvalue weighted by atomic mass is 9.83. The topological polar surface area (TPSA) is 73.0 Å². The van der Waals surface area contributed by atoms with E-state index in [1.165, 1.54) is 19.2 Å². The predicted octanol–water partition coefficient (Wildman–Crippen LogP) is 3.85. The number of aromatic nitrogens is 1.